The summed E-state index contributed by atoms with van der Waals surface area (Å²) in [5.74, 6) is 3.21. The minimum Gasteiger partial charge on any atom is -0.310 e. The zero-order chi connectivity index (χ0) is 35.8. The maximum atomic E-state index is 2.65. The van der Waals surface area contributed by atoms with E-state index in [1.807, 2.05) is 11.3 Å². The van der Waals surface area contributed by atoms with Crippen molar-refractivity contribution in [3.63, 3.8) is 0 Å². The lowest BCUT2D eigenvalue weighted by Crippen LogP contribution is -2.57. The van der Waals surface area contributed by atoms with Crippen LogP contribution in [-0.4, -0.2) is 4.57 Å². The summed E-state index contributed by atoms with van der Waals surface area (Å²) in [7, 11) is 0. The summed E-state index contributed by atoms with van der Waals surface area (Å²) in [4.78, 5) is 2.54. The Hall–Kier alpha value is -5.64. The van der Waals surface area contributed by atoms with Crippen LogP contribution in [0.5, 0.6) is 0 Å². The molecule has 1 spiro atoms. The van der Waals surface area contributed by atoms with Gasteiger partial charge in [-0.3, -0.25) is 0 Å². The van der Waals surface area contributed by atoms with Gasteiger partial charge in [0.15, 0.2) is 0 Å². The van der Waals surface area contributed by atoms with E-state index in [1.54, 1.807) is 11.1 Å². The third-order valence-electron chi connectivity index (χ3n) is 14.3. The molecule has 4 saturated carbocycles. The third-order valence-corrected chi connectivity index (χ3v) is 15.6. The summed E-state index contributed by atoms with van der Waals surface area (Å²) in [6.45, 7) is 0. The average Bonchev–Trinajstić information content (AvgIpc) is 3.79. The second-order valence-electron chi connectivity index (χ2n) is 16.9. The monoisotopic (exact) mass is 724 g/mol. The topological polar surface area (TPSA) is 8.17 Å². The highest BCUT2D eigenvalue weighted by atomic mass is 32.1. The molecule has 3 heteroatoms. The summed E-state index contributed by atoms with van der Waals surface area (Å²) in [5, 5.41) is 5.38. The van der Waals surface area contributed by atoms with Crippen molar-refractivity contribution < 1.29 is 0 Å². The SMILES string of the molecule is c1ccc(N(c2cccc(-c3cccc4c3sc3ccccc34)c2)c2ccc3c4c2c2ccccc2n4-c2ccccc2C32C3CC4CC(C3)CC2C4)cc1. The highest BCUT2D eigenvalue weighted by molar-refractivity contribution is 7.26. The molecule has 2 aromatic heterocycles. The number of benzene rings is 7. The van der Waals surface area contributed by atoms with Crippen molar-refractivity contribution in [2.45, 2.75) is 37.5 Å². The molecule has 3 heterocycles. The number of fused-ring (bicyclic) bond motifs is 8. The van der Waals surface area contributed by atoms with Crippen LogP contribution in [0.2, 0.25) is 0 Å². The number of hydrogen-bond acceptors (Lipinski definition) is 2. The fourth-order valence-corrected chi connectivity index (χ4v) is 13.8. The first-order valence-electron chi connectivity index (χ1n) is 20.3. The van der Waals surface area contributed by atoms with Gasteiger partial charge in [0, 0.05) is 47.7 Å². The predicted octanol–water partition coefficient (Wildman–Crippen LogP) is 14.3. The Kier molecular flexibility index (Phi) is 6.25. The fourth-order valence-electron chi connectivity index (χ4n) is 12.6. The van der Waals surface area contributed by atoms with E-state index < -0.39 is 0 Å². The zero-order valence-corrected chi connectivity index (χ0v) is 31.5. The van der Waals surface area contributed by atoms with Crippen molar-refractivity contribution in [1.29, 1.82) is 0 Å². The first kappa shape index (κ1) is 30.7. The number of aromatic nitrogens is 1. The number of hydrogen-bond donors (Lipinski definition) is 0. The van der Waals surface area contributed by atoms with Crippen molar-refractivity contribution >= 4 is 70.4 Å². The van der Waals surface area contributed by atoms with Gasteiger partial charge in [0.25, 0.3) is 0 Å². The van der Waals surface area contributed by atoms with E-state index >= 15 is 0 Å². The molecule has 7 aromatic carbocycles. The lowest BCUT2D eigenvalue weighted by Gasteiger charge is -2.63. The highest BCUT2D eigenvalue weighted by Gasteiger charge is 2.61. The lowest BCUT2D eigenvalue weighted by atomic mass is 9.41. The van der Waals surface area contributed by atoms with Crippen LogP contribution in [0.15, 0.2) is 158 Å². The number of anilines is 3. The molecule has 4 bridgehead atoms. The van der Waals surface area contributed by atoms with Crippen LogP contribution in [-0.2, 0) is 5.41 Å². The normalized spacial score (nSPS) is 23.3. The Bertz CT molecular complexity index is 2990. The van der Waals surface area contributed by atoms with Crippen LogP contribution in [0.3, 0.4) is 0 Å². The zero-order valence-electron chi connectivity index (χ0n) is 30.7. The van der Waals surface area contributed by atoms with Crippen LogP contribution < -0.4 is 4.90 Å². The second kappa shape index (κ2) is 11.2. The molecule has 4 aliphatic carbocycles. The van der Waals surface area contributed by atoms with Crippen molar-refractivity contribution in [3.05, 3.63) is 169 Å². The standard InChI is InChI=1S/C52H40N2S/c1-2-13-37(14-3-1)53(38-15-10-12-34(31-38)39-18-11-19-41-40-16-5-9-23-48(40)55-51(39)41)47-25-24-44-50-49(47)42-17-4-7-21-45(42)54(50)46-22-8-6-20-43(46)52(44)35-27-32-26-33(29-35)30-36(52)28-32/h1-25,31-33,35-36H,26-30H2. The van der Waals surface area contributed by atoms with Crippen LogP contribution in [0.1, 0.15) is 43.2 Å². The molecule has 4 fully saturated rings. The summed E-state index contributed by atoms with van der Waals surface area (Å²) in [5.41, 5.74) is 13.5. The van der Waals surface area contributed by atoms with Crippen molar-refractivity contribution in [1.82, 2.24) is 4.57 Å². The minimum absolute atomic E-state index is 0.0611. The van der Waals surface area contributed by atoms with Gasteiger partial charge < -0.3 is 9.47 Å². The van der Waals surface area contributed by atoms with E-state index in [0.29, 0.717) is 11.8 Å². The Morgan fingerprint density at radius 3 is 2.09 bits per heavy atom. The first-order chi connectivity index (χ1) is 27.3. The number of rotatable bonds is 4. The Balaban J connectivity index is 1.09. The maximum absolute atomic E-state index is 2.65. The molecule has 264 valence electrons. The molecule has 0 amide bonds. The summed E-state index contributed by atoms with van der Waals surface area (Å²) < 4.78 is 5.34. The summed E-state index contributed by atoms with van der Waals surface area (Å²) in [6, 6.07) is 59.8. The number of thiophene rings is 1. The molecule has 0 radical (unpaired) electrons. The molecular weight excluding hydrogens is 685 g/mol. The molecule has 0 saturated heterocycles. The van der Waals surface area contributed by atoms with Gasteiger partial charge in [0.05, 0.1) is 22.4 Å². The number of nitrogens with zero attached hydrogens (tertiary/aromatic N) is 2. The molecule has 9 aromatic rings. The van der Waals surface area contributed by atoms with Gasteiger partial charge in [-0.05, 0) is 127 Å². The smallest absolute Gasteiger partial charge is 0.0603 e. The molecule has 5 aliphatic rings. The van der Waals surface area contributed by atoms with Gasteiger partial charge in [-0.15, -0.1) is 11.3 Å². The second-order valence-corrected chi connectivity index (χ2v) is 18.0. The quantitative estimate of drug-likeness (QED) is 0.175. The molecule has 55 heavy (non-hydrogen) atoms. The number of para-hydroxylation sites is 3. The van der Waals surface area contributed by atoms with Crippen LogP contribution in [0, 0.1) is 23.7 Å². The van der Waals surface area contributed by atoms with Crippen LogP contribution in [0.25, 0.3) is 58.8 Å². The van der Waals surface area contributed by atoms with Gasteiger partial charge in [0.2, 0.25) is 0 Å². The lowest BCUT2D eigenvalue weighted by molar-refractivity contribution is -0.0418. The van der Waals surface area contributed by atoms with Crippen molar-refractivity contribution in [2.24, 2.45) is 23.7 Å². The van der Waals surface area contributed by atoms with Gasteiger partial charge in [-0.2, -0.15) is 0 Å². The Labute approximate surface area is 325 Å². The van der Waals surface area contributed by atoms with Crippen LogP contribution in [0.4, 0.5) is 17.1 Å². The molecular formula is C52H40N2S. The van der Waals surface area contributed by atoms with E-state index in [0.717, 1.165) is 11.8 Å². The van der Waals surface area contributed by atoms with Crippen molar-refractivity contribution in [3.8, 4) is 16.8 Å². The minimum atomic E-state index is 0.0611. The maximum Gasteiger partial charge on any atom is 0.0603 e. The largest absolute Gasteiger partial charge is 0.310 e. The Morgan fingerprint density at radius 1 is 0.545 bits per heavy atom. The Morgan fingerprint density at radius 2 is 1.24 bits per heavy atom. The van der Waals surface area contributed by atoms with Gasteiger partial charge >= 0.3 is 0 Å². The van der Waals surface area contributed by atoms with E-state index in [-0.39, 0.29) is 5.41 Å². The summed E-state index contributed by atoms with van der Waals surface area (Å²) >= 11 is 1.90. The molecule has 0 unspecified atom stereocenters. The van der Waals surface area contributed by atoms with Gasteiger partial charge in [0.1, 0.15) is 0 Å². The van der Waals surface area contributed by atoms with Gasteiger partial charge in [-0.25, -0.2) is 0 Å². The van der Waals surface area contributed by atoms with Gasteiger partial charge in [-0.1, -0.05) is 109 Å². The molecule has 1 aliphatic heterocycles. The van der Waals surface area contributed by atoms with Crippen LogP contribution >= 0.6 is 11.3 Å². The molecule has 0 N–H and O–H groups in total. The molecule has 2 nitrogen and oxygen atoms in total. The van der Waals surface area contributed by atoms with Crippen molar-refractivity contribution in [2.75, 3.05) is 4.90 Å². The van der Waals surface area contributed by atoms with E-state index in [9.17, 15) is 0 Å². The average molecular weight is 725 g/mol. The predicted molar refractivity (Wildman–Crippen MR) is 232 cm³/mol. The highest BCUT2D eigenvalue weighted by Crippen LogP contribution is 2.68. The first-order valence-corrected chi connectivity index (χ1v) is 21.1. The van der Waals surface area contributed by atoms with E-state index in [1.165, 1.54) is 108 Å². The fraction of sp³-hybridized carbons (Fsp3) is 0.192. The van der Waals surface area contributed by atoms with E-state index in [4.69, 9.17) is 0 Å². The molecule has 14 rings (SSSR count). The van der Waals surface area contributed by atoms with E-state index in [2.05, 4.69) is 167 Å². The summed E-state index contributed by atoms with van der Waals surface area (Å²) in [6.07, 6.45) is 6.96. The third kappa shape index (κ3) is 4.04. The molecule has 0 atom stereocenters.